The third-order valence-corrected chi connectivity index (χ3v) is 8.56. The lowest BCUT2D eigenvalue weighted by Crippen LogP contribution is -1.96. The van der Waals surface area contributed by atoms with Crippen molar-refractivity contribution in [1.29, 1.82) is 0 Å². The molecule has 0 N–H and O–H groups in total. The summed E-state index contributed by atoms with van der Waals surface area (Å²) in [5.74, 6) is 0. The van der Waals surface area contributed by atoms with Crippen LogP contribution in [0.4, 0.5) is 0 Å². The SMILES string of the molecule is C=N/C(=C\Cn1c2ccccc2c2cc(-c3ccccc3)ccc21)c1ccc2c3ccccc3c3ccccc3c2c1. The molecule has 1 heterocycles. The van der Waals surface area contributed by atoms with E-state index in [1.807, 2.05) is 0 Å². The first-order chi connectivity index (χ1) is 20.8. The molecule has 0 spiro atoms. The fraction of sp³-hybridized carbons (Fsp3) is 0.0250. The minimum atomic E-state index is 0.694. The van der Waals surface area contributed by atoms with Gasteiger partial charge in [-0.15, -0.1) is 0 Å². The normalized spacial score (nSPS) is 12.1. The monoisotopic (exact) mass is 536 g/mol. The van der Waals surface area contributed by atoms with Crippen molar-refractivity contribution >= 4 is 66.5 Å². The molecule has 0 unspecified atom stereocenters. The summed E-state index contributed by atoms with van der Waals surface area (Å²) in [6.07, 6.45) is 2.20. The molecular weight excluding hydrogens is 508 g/mol. The average molecular weight is 537 g/mol. The van der Waals surface area contributed by atoms with Gasteiger partial charge in [-0.25, -0.2) is 0 Å². The predicted octanol–water partition coefficient (Wildman–Crippen LogP) is 10.7. The van der Waals surface area contributed by atoms with Gasteiger partial charge in [0.25, 0.3) is 0 Å². The lowest BCUT2D eigenvalue weighted by atomic mass is 9.93. The fourth-order valence-electron chi connectivity index (χ4n) is 6.58. The largest absolute Gasteiger partial charge is 0.336 e. The van der Waals surface area contributed by atoms with Gasteiger partial charge in [-0.3, -0.25) is 4.99 Å². The van der Waals surface area contributed by atoms with Gasteiger partial charge in [0.2, 0.25) is 0 Å². The lowest BCUT2D eigenvalue weighted by molar-refractivity contribution is 0.899. The summed E-state index contributed by atoms with van der Waals surface area (Å²) >= 11 is 0. The van der Waals surface area contributed by atoms with E-state index in [2.05, 4.69) is 162 Å². The van der Waals surface area contributed by atoms with Crippen LogP contribution in [-0.4, -0.2) is 11.3 Å². The summed E-state index contributed by atoms with van der Waals surface area (Å²) < 4.78 is 2.38. The molecule has 42 heavy (non-hydrogen) atoms. The molecule has 0 bridgehead atoms. The van der Waals surface area contributed by atoms with Crippen LogP contribution in [0.25, 0.3) is 70.9 Å². The van der Waals surface area contributed by atoms with Gasteiger partial charge in [0.05, 0.1) is 5.70 Å². The maximum absolute atomic E-state index is 4.52. The first-order valence-corrected chi connectivity index (χ1v) is 14.4. The van der Waals surface area contributed by atoms with E-state index < -0.39 is 0 Å². The number of hydrogen-bond donors (Lipinski definition) is 0. The molecule has 1 aromatic heterocycles. The highest BCUT2D eigenvalue weighted by Gasteiger charge is 2.13. The summed E-state index contributed by atoms with van der Waals surface area (Å²) in [6.45, 7) is 4.67. The van der Waals surface area contributed by atoms with Gasteiger partial charge in [-0.2, -0.15) is 0 Å². The topological polar surface area (TPSA) is 17.3 Å². The number of rotatable bonds is 5. The van der Waals surface area contributed by atoms with Crippen molar-refractivity contribution in [3.8, 4) is 11.1 Å². The Kier molecular flexibility index (Phi) is 5.72. The van der Waals surface area contributed by atoms with E-state index in [9.17, 15) is 0 Å². The number of fused-ring (bicyclic) bond motifs is 9. The van der Waals surface area contributed by atoms with Crippen LogP contribution in [-0.2, 0) is 6.54 Å². The quantitative estimate of drug-likeness (QED) is 0.154. The Bertz CT molecular complexity index is 2300. The third-order valence-electron chi connectivity index (χ3n) is 8.56. The highest BCUT2D eigenvalue weighted by Crippen LogP contribution is 2.37. The summed E-state index contributed by atoms with van der Waals surface area (Å²) in [6, 6.07) is 50.1. The number of hydrogen-bond acceptors (Lipinski definition) is 1. The Morgan fingerprint density at radius 1 is 0.500 bits per heavy atom. The molecule has 0 fully saturated rings. The second-order valence-corrected chi connectivity index (χ2v) is 10.8. The molecule has 0 saturated carbocycles. The van der Waals surface area contributed by atoms with E-state index in [1.54, 1.807) is 0 Å². The van der Waals surface area contributed by atoms with Crippen LogP contribution in [0.15, 0.2) is 151 Å². The average Bonchev–Trinajstić information content (AvgIpc) is 3.38. The number of benzene rings is 7. The van der Waals surface area contributed by atoms with Gasteiger partial charge in [-0.05, 0) is 80.5 Å². The van der Waals surface area contributed by atoms with E-state index in [1.165, 1.54) is 65.3 Å². The number of aromatic nitrogens is 1. The zero-order valence-corrected chi connectivity index (χ0v) is 23.2. The Morgan fingerprint density at radius 2 is 1.07 bits per heavy atom. The Morgan fingerprint density at radius 3 is 1.76 bits per heavy atom. The molecule has 7 aromatic carbocycles. The summed E-state index contributed by atoms with van der Waals surface area (Å²) in [5.41, 5.74) is 6.85. The van der Waals surface area contributed by atoms with Gasteiger partial charge >= 0.3 is 0 Å². The number of nitrogens with zero attached hydrogens (tertiary/aromatic N) is 2. The van der Waals surface area contributed by atoms with Crippen LogP contribution in [0.1, 0.15) is 5.56 Å². The lowest BCUT2D eigenvalue weighted by Gasteiger charge is -2.12. The minimum Gasteiger partial charge on any atom is -0.336 e. The van der Waals surface area contributed by atoms with Crippen LogP contribution in [0.2, 0.25) is 0 Å². The number of allylic oxidation sites excluding steroid dienone is 1. The second-order valence-electron chi connectivity index (χ2n) is 10.8. The molecule has 2 heteroatoms. The van der Waals surface area contributed by atoms with Crippen molar-refractivity contribution in [2.45, 2.75) is 6.54 Å². The molecule has 0 amide bonds. The zero-order valence-electron chi connectivity index (χ0n) is 23.2. The van der Waals surface area contributed by atoms with Crippen molar-refractivity contribution in [1.82, 2.24) is 4.57 Å². The second kappa shape index (κ2) is 9.87. The fourth-order valence-corrected chi connectivity index (χ4v) is 6.58. The Balaban J connectivity index is 1.26. The molecule has 0 saturated heterocycles. The van der Waals surface area contributed by atoms with Crippen LogP contribution in [0.5, 0.6) is 0 Å². The molecule has 198 valence electrons. The van der Waals surface area contributed by atoms with E-state index >= 15 is 0 Å². The molecule has 8 rings (SSSR count). The van der Waals surface area contributed by atoms with Gasteiger partial charge in [-0.1, -0.05) is 115 Å². The Hall–Kier alpha value is -5.47. The first kappa shape index (κ1) is 24.3. The van der Waals surface area contributed by atoms with Crippen molar-refractivity contribution in [2.75, 3.05) is 0 Å². The predicted molar refractivity (Wildman–Crippen MR) is 181 cm³/mol. The third kappa shape index (κ3) is 3.84. The maximum atomic E-state index is 4.52. The van der Waals surface area contributed by atoms with Gasteiger partial charge in [0.15, 0.2) is 0 Å². The van der Waals surface area contributed by atoms with E-state index in [0.717, 1.165) is 11.3 Å². The van der Waals surface area contributed by atoms with Crippen LogP contribution in [0, 0.1) is 0 Å². The highest BCUT2D eigenvalue weighted by atomic mass is 15.0. The summed E-state index contributed by atoms with van der Waals surface area (Å²) in [4.78, 5) is 4.52. The van der Waals surface area contributed by atoms with E-state index in [-0.39, 0.29) is 0 Å². The Labute approximate surface area is 244 Å². The van der Waals surface area contributed by atoms with Crippen molar-refractivity contribution in [3.63, 3.8) is 0 Å². The van der Waals surface area contributed by atoms with Crippen molar-refractivity contribution in [3.05, 3.63) is 151 Å². The number of para-hydroxylation sites is 1. The van der Waals surface area contributed by atoms with Gasteiger partial charge < -0.3 is 4.57 Å². The summed E-state index contributed by atoms with van der Waals surface area (Å²) in [5, 5.41) is 10.1. The zero-order chi connectivity index (χ0) is 28.0. The van der Waals surface area contributed by atoms with Crippen LogP contribution >= 0.6 is 0 Å². The molecular formula is C40H28N2. The molecule has 0 aliphatic heterocycles. The van der Waals surface area contributed by atoms with E-state index in [0.29, 0.717) is 6.54 Å². The van der Waals surface area contributed by atoms with Gasteiger partial charge in [0, 0.05) is 33.9 Å². The van der Waals surface area contributed by atoms with Crippen molar-refractivity contribution in [2.24, 2.45) is 4.99 Å². The van der Waals surface area contributed by atoms with Crippen LogP contribution < -0.4 is 0 Å². The highest BCUT2D eigenvalue weighted by molar-refractivity contribution is 6.25. The van der Waals surface area contributed by atoms with Gasteiger partial charge in [0.1, 0.15) is 0 Å². The molecule has 2 nitrogen and oxygen atoms in total. The summed E-state index contributed by atoms with van der Waals surface area (Å²) in [7, 11) is 0. The molecule has 0 atom stereocenters. The minimum absolute atomic E-state index is 0.694. The number of aliphatic imine (C=N–C) groups is 1. The van der Waals surface area contributed by atoms with E-state index in [4.69, 9.17) is 0 Å². The first-order valence-electron chi connectivity index (χ1n) is 14.4. The standard InChI is InChI=1S/C40H28N2/c1-41-38(29-19-21-34-32-15-6-5-13-30(32)31-14-7-8-16-33(31)36(34)26-29)23-24-42-39-18-10-9-17-35(39)37-25-28(20-22-40(37)42)27-11-3-2-4-12-27/h2-23,25-26H,1,24H2/b38-23-. The van der Waals surface area contributed by atoms with Crippen LogP contribution in [0.3, 0.4) is 0 Å². The molecule has 0 aliphatic carbocycles. The van der Waals surface area contributed by atoms with Crippen molar-refractivity contribution < 1.29 is 0 Å². The molecule has 8 aromatic rings. The maximum Gasteiger partial charge on any atom is 0.0672 e. The smallest absolute Gasteiger partial charge is 0.0672 e. The molecule has 0 radical (unpaired) electrons. The molecule has 0 aliphatic rings.